The van der Waals surface area contributed by atoms with E-state index in [0.717, 1.165) is 17.7 Å². The lowest BCUT2D eigenvalue weighted by molar-refractivity contribution is 0.0520. The normalized spacial score (nSPS) is 10.5. The monoisotopic (exact) mass is 375 g/mol. The lowest BCUT2D eigenvalue weighted by Crippen LogP contribution is -2.35. The van der Waals surface area contributed by atoms with Gasteiger partial charge in [0.05, 0.1) is 13.2 Å². The third-order valence-corrected chi connectivity index (χ3v) is 4.73. The number of urea groups is 1. The number of rotatable bonds is 7. The molecule has 0 aliphatic rings. The minimum absolute atomic E-state index is 0.178. The number of amides is 2. The van der Waals surface area contributed by atoms with Gasteiger partial charge in [0, 0.05) is 17.6 Å². The number of aryl methyl sites for hydroxylation is 2. The van der Waals surface area contributed by atoms with E-state index in [1.165, 1.54) is 16.9 Å². The SMILES string of the molecule is CCCN(Cc1nc(C(=O)OCC)cs1)C(=O)Nc1ccc(C)c(C)c1. The molecule has 140 valence electrons. The summed E-state index contributed by atoms with van der Waals surface area (Å²) in [6.07, 6.45) is 0.830. The molecule has 0 saturated heterocycles. The first kappa shape index (κ1) is 19.9. The Morgan fingerprint density at radius 3 is 2.65 bits per heavy atom. The minimum Gasteiger partial charge on any atom is -0.461 e. The van der Waals surface area contributed by atoms with E-state index < -0.39 is 5.97 Å². The number of aromatic nitrogens is 1. The Kier molecular flexibility index (Phi) is 7.15. The van der Waals surface area contributed by atoms with Crippen LogP contribution in [0.5, 0.6) is 0 Å². The molecule has 0 fully saturated rings. The van der Waals surface area contributed by atoms with Gasteiger partial charge in [0.15, 0.2) is 5.69 Å². The van der Waals surface area contributed by atoms with Gasteiger partial charge in [0.2, 0.25) is 0 Å². The molecule has 0 spiro atoms. The third-order valence-electron chi connectivity index (χ3n) is 3.90. The topological polar surface area (TPSA) is 71.5 Å². The molecule has 1 aromatic heterocycles. The second kappa shape index (κ2) is 9.33. The number of carbonyl (C=O) groups excluding carboxylic acids is 2. The average Bonchev–Trinajstić information content (AvgIpc) is 3.07. The molecule has 2 rings (SSSR count). The second-order valence-electron chi connectivity index (χ2n) is 6.00. The van der Waals surface area contributed by atoms with E-state index in [1.54, 1.807) is 17.2 Å². The van der Waals surface area contributed by atoms with Crippen molar-refractivity contribution in [1.82, 2.24) is 9.88 Å². The fraction of sp³-hybridized carbons (Fsp3) is 0.421. The lowest BCUT2D eigenvalue weighted by Gasteiger charge is -2.21. The highest BCUT2D eigenvalue weighted by Gasteiger charge is 2.17. The number of hydrogen-bond donors (Lipinski definition) is 1. The first-order chi connectivity index (χ1) is 12.4. The summed E-state index contributed by atoms with van der Waals surface area (Å²) in [5.74, 6) is -0.434. The number of ether oxygens (including phenoxy) is 1. The van der Waals surface area contributed by atoms with Crippen LogP contribution in [0, 0.1) is 13.8 Å². The molecule has 1 N–H and O–H groups in total. The zero-order valence-electron chi connectivity index (χ0n) is 15.7. The first-order valence-electron chi connectivity index (χ1n) is 8.69. The summed E-state index contributed by atoms with van der Waals surface area (Å²) < 4.78 is 4.95. The molecular weight excluding hydrogens is 350 g/mol. The van der Waals surface area contributed by atoms with E-state index in [0.29, 0.717) is 24.7 Å². The largest absolute Gasteiger partial charge is 0.461 e. The number of benzene rings is 1. The summed E-state index contributed by atoms with van der Waals surface area (Å²) in [5.41, 5.74) is 3.37. The Morgan fingerprint density at radius 2 is 2.00 bits per heavy atom. The van der Waals surface area contributed by atoms with Gasteiger partial charge < -0.3 is 15.0 Å². The highest BCUT2D eigenvalue weighted by molar-refractivity contribution is 7.09. The lowest BCUT2D eigenvalue weighted by atomic mass is 10.1. The highest BCUT2D eigenvalue weighted by Crippen LogP contribution is 2.17. The van der Waals surface area contributed by atoms with Crippen LogP contribution in [0.25, 0.3) is 0 Å². The third kappa shape index (κ3) is 5.29. The van der Waals surface area contributed by atoms with Crippen LogP contribution in [-0.2, 0) is 11.3 Å². The van der Waals surface area contributed by atoms with Crippen molar-refractivity contribution in [2.45, 2.75) is 40.7 Å². The summed E-state index contributed by atoms with van der Waals surface area (Å²) in [4.78, 5) is 30.4. The van der Waals surface area contributed by atoms with Gasteiger partial charge in [-0.3, -0.25) is 0 Å². The molecule has 7 heteroatoms. The van der Waals surface area contributed by atoms with Gasteiger partial charge in [-0.25, -0.2) is 14.6 Å². The van der Waals surface area contributed by atoms with E-state index in [-0.39, 0.29) is 11.7 Å². The molecule has 0 aliphatic carbocycles. The van der Waals surface area contributed by atoms with E-state index in [1.807, 2.05) is 39.0 Å². The van der Waals surface area contributed by atoms with E-state index in [2.05, 4.69) is 10.3 Å². The van der Waals surface area contributed by atoms with E-state index in [4.69, 9.17) is 4.74 Å². The Balaban J connectivity index is 2.06. The Bertz CT molecular complexity index is 773. The number of thiazole rings is 1. The molecule has 0 bridgehead atoms. The van der Waals surface area contributed by atoms with Crippen LogP contribution < -0.4 is 5.32 Å². The van der Waals surface area contributed by atoms with Gasteiger partial charge >= 0.3 is 12.0 Å². The van der Waals surface area contributed by atoms with Crippen LogP contribution in [0.1, 0.15) is 46.9 Å². The van der Waals surface area contributed by atoms with Crippen molar-refractivity contribution >= 4 is 29.0 Å². The number of carbonyl (C=O) groups is 2. The molecule has 6 nitrogen and oxygen atoms in total. The number of esters is 1. The zero-order valence-corrected chi connectivity index (χ0v) is 16.5. The quantitative estimate of drug-likeness (QED) is 0.729. The number of hydrogen-bond acceptors (Lipinski definition) is 5. The average molecular weight is 375 g/mol. The molecule has 1 heterocycles. The predicted molar refractivity (Wildman–Crippen MR) is 104 cm³/mol. The summed E-state index contributed by atoms with van der Waals surface area (Å²) >= 11 is 1.35. The van der Waals surface area contributed by atoms with Crippen molar-refractivity contribution in [3.05, 3.63) is 45.4 Å². The summed E-state index contributed by atoms with van der Waals surface area (Å²) in [6, 6.07) is 5.66. The van der Waals surface area contributed by atoms with Gasteiger partial charge in [-0.05, 0) is 50.5 Å². The maximum atomic E-state index is 12.6. The molecule has 0 radical (unpaired) electrons. The Hall–Kier alpha value is -2.41. The van der Waals surface area contributed by atoms with Gasteiger partial charge in [0.1, 0.15) is 5.01 Å². The minimum atomic E-state index is -0.434. The first-order valence-corrected chi connectivity index (χ1v) is 9.57. The van der Waals surface area contributed by atoms with Crippen LogP contribution in [0.4, 0.5) is 10.5 Å². The highest BCUT2D eigenvalue weighted by atomic mass is 32.1. The molecule has 0 unspecified atom stereocenters. The second-order valence-corrected chi connectivity index (χ2v) is 6.94. The molecule has 2 aromatic rings. The zero-order chi connectivity index (χ0) is 19.1. The summed E-state index contributed by atoms with van der Waals surface area (Å²) in [6.45, 7) is 9.09. The van der Waals surface area contributed by atoms with Crippen LogP contribution in [-0.4, -0.2) is 35.0 Å². The van der Waals surface area contributed by atoms with Gasteiger partial charge in [0.25, 0.3) is 0 Å². The van der Waals surface area contributed by atoms with Crippen molar-refractivity contribution in [3.8, 4) is 0 Å². The Morgan fingerprint density at radius 1 is 1.23 bits per heavy atom. The Labute approximate surface area is 158 Å². The van der Waals surface area contributed by atoms with Crippen molar-refractivity contribution in [3.63, 3.8) is 0 Å². The standard InChI is InChI=1S/C19H25N3O3S/c1-5-9-22(11-17-21-16(12-26-17)18(23)25-6-2)19(24)20-15-8-7-13(3)14(4)10-15/h7-8,10,12H,5-6,9,11H2,1-4H3,(H,20,24). The van der Waals surface area contributed by atoms with E-state index >= 15 is 0 Å². The molecule has 26 heavy (non-hydrogen) atoms. The number of nitrogens with one attached hydrogen (secondary N) is 1. The van der Waals surface area contributed by atoms with Gasteiger partial charge in [-0.15, -0.1) is 11.3 Å². The van der Waals surface area contributed by atoms with Crippen molar-refractivity contribution < 1.29 is 14.3 Å². The summed E-state index contributed by atoms with van der Waals surface area (Å²) in [5, 5.41) is 5.31. The van der Waals surface area contributed by atoms with Gasteiger partial charge in [-0.2, -0.15) is 0 Å². The van der Waals surface area contributed by atoms with Crippen molar-refractivity contribution in [2.24, 2.45) is 0 Å². The molecule has 2 amide bonds. The fourth-order valence-corrected chi connectivity index (χ4v) is 3.17. The fourth-order valence-electron chi connectivity index (χ4n) is 2.39. The van der Waals surface area contributed by atoms with Crippen LogP contribution >= 0.6 is 11.3 Å². The van der Waals surface area contributed by atoms with Crippen molar-refractivity contribution in [2.75, 3.05) is 18.5 Å². The maximum Gasteiger partial charge on any atom is 0.357 e. The van der Waals surface area contributed by atoms with Gasteiger partial charge in [-0.1, -0.05) is 13.0 Å². The molecular formula is C19H25N3O3S. The van der Waals surface area contributed by atoms with Crippen LogP contribution in [0.3, 0.4) is 0 Å². The smallest absolute Gasteiger partial charge is 0.357 e. The molecule has 1 aromatic carbocycles. The predicted octanol–water partition coefficient (Wildman–Crippen LogP) is 4.38. The number of nitrogens with zero attached hydrogens (tertiary/aromatic N) is 2. The van der Waals surface area contributed by atoms with E-state index in [9.17, 15) is 9.59 Å². The maximum absolute atomic E-state index is 12.6. The van der Waals surface area contributed by atoms with Crippen molar-refractivity contribution in [1.29, 1.82) is 0 Å². The van der Waals surface area contributed by atoms with Crippen LogP contribution in [0.15, 0.2) is 23.6 Å². The number of anilines is 1. The molecule has 0 aliphatic heterocycles. The van der Waals surface area contributed by atoms with Crippen LogP contribution in [0.2, 0.25) is 0 Å². The summed E-state index contributed by atoms with van der Waals surface area (Å²) in [7, 11) is 0. The molecule has 0 saturated carbocycles. The molecule has 0 atom stereocenters.